The Kier molecular flexibility index (Phi) is 2.56. The van der Waals surface area contributed by atoms with Gasteiger partial charge in [-0.1, -0.05) is 11.6 Å². The van der Waals surface area contributed by atoms with Crippen LogP contribution in [-0.4, -0.2) is 21.0 Å². The molecule has 0 unspecified atom stereocenters. The maximum atomic E-state index is 10.8. The molecule has 1 aromatic carbocycles. The van der Waals surface area contributed by atoms with Crippen molar-refractivity contribution in [3.8, 4) is 11.4 Å². The molecule has 2 aromatic heterocycles. The average Bonchev–Trinajstić information content (AvgIpc) is 2.81. The highest BCUT2D eigenvalue weighted by molar-refractivity contribution is 5.88. The van der Waals surface area contributed by atoms with Gasteiger partial charge >= 0.3 is 5.97 Å². The number of carbonyl (C=O) groups is 1. The van der Waals surface area contributed by atoms with Crippen molar-refractivity contribution in [2.45, 2.75) is 6.92 Å². The van der Waals surface area contributed by atoms with Crippen molar-refractivity contribution in [2.24, 2.45) is 0 Å². The third-order valence-electron chi connectivity index (χ3n) is 3.06. The lowest BCUT2D eigenvalue weighted by Crippen LogP contribution is -1.97. The van der Waals surface area contributed by atoms with E-state index in [1.165, 1.54) is 11.8 Å². The molecule has 2 N–H and O–H groups in total. The van der Waals surface area contributed by atoms with Crippen LogP contribution in [0.3, 0.4) is 0 Å². The number of carboxylic acid groups (broad SMARTS) is 1. The van der Waals surface area contributed by atoms with Crippen molar-refractivity contribution >= 4 is 16.9 Å². The smallest absolute Gasteiger partial charge is 0.337 e. The molecule has 4 heteroatoms. The quantitative estimate of drug-likeness (QED) is 0.735. The van der Waals surface area contributed by atoms with E-state index in [1.54, 1.807) is 12.1 Å². The number of nitrogens with one attached hydrogen (secondary N) is 1. The Labute approximate surface area is 109 Å². The zero-order chi connectivity index (χ0) is 13.4. The number of H-pyrrole nitrogens is 1. The molecule has 0 bridgehead atoms. The number of aromatic amines is 1. The summed E-state index contributed by atoms with van der Waals surface area (Å²) in [7, 11) is 0. The van der Waals surface area contributed by atoms with Gasteiger partial charge in [-0.25, -0.2) is 4.79 Å². The van der Waals surface area contributed by atoms with Crippen LogP contribution in [0.2, 0.25) is 0 Å². The summed E-state index contributed by atoms with van der Waals surface area (Å²) in [5.41, 5.74) is 4.06. The lowest BCUT2D eigenvalue weighted by Gasteiger charge is -1.97. The predicted octanol–water partition coefficient (Wildman–Crippen LogP) is 3.24. The first-order chi connectivity index (χ1) is 9.13. The standard InChI is InChI=1S/C15H12N2O2/c1-9-2-4-12-11(6-9)7-14(17-12)13-5-3-10(8-16-13)15(18)19/h2-8,17H,1H3,(H,18,19). The Morgan fingerprint density at radius 2 is 2.05 bits per heavy atom. The fraction of sp³-hybridized carbons (Fsp3) is 0.0667. The molecular formula is C15H12N2O2. The number of aromatic nitrogens is 2. The topological polar surface area (TPSA) is 66.0 Å². The minimum atomic E-state index is -0.966. The number of carboxylic acids is 1. The number of rotatable bonds is 2. The molecule has 0 saturated carbocycles. The Balaban J connectivity index is 2.06. The van der Waals surface area contributed by atoms with Crippen LogP contribution in [-0.2, 0) is 0 Å². The molecule has 0 radical (unpaired) electrons. The van der Waals surface area contributed by atoms with Crippen LogP contribution in [0.5, 0.6) is 0 Å². The molecule has 19 heavy (non-hydrogen) atoms. The summed E-state index contributed by atoms with van der Waals surface area (Å²) >= 11 is 0. The number of hydrogen-bond acceptors (Lipinski definition) is 2. The summed E-state index contributed by atoms with van der Waals surface area (Å²) < 4.78 is 0. The van der Waals surface area contributed by atoms with Crippen LogP contribution < -0.4 is 0 Å². The van der Waals surface area contributed by atoms with E-state index in [1.807, 2.05) is 25.1 Å². The van der Waals surface area contributed by atoms with Crippen molar-refractivity contribution in [1.29, 1.82) is 0 Å². The number of aromatic carboxylic acids is 1. The Morgan fingerprint density at radius 3 is 2.74 bits per heavy atom. The van der Waals surface area contributed by atoms with Gasteiger partial charge in [-0.15, -0.1) is 0 Å². The highest BCUT2D eigenvalue weighted by Crippen LogP contribution is 2.23. The summed E-state index contributed by atoms with van der Waals surface area (Å²) in [6.45, 7) is 2.05. The van der Waals surface area contributed by atoms with Crippen molar-refractivity contribution < 1.29 is 9.90 Å². The predicted molar refractivity (Wildman–Crippen MR) is 73.2 cm³/mol. The van der Waals surface area contributed by atoms with Gasteiger partial charge in [0.2, 0.25) is 0 Å². The van der Waals surface area contributed by atoms with Gasteiger partial charge in [0.05, 0.1) is 17.0 Å². The first-order valence-electron chi connectivity index (χ1n) is 5.92. The first kappa shape index (κ1) is 11.5. The van der Waals surface area contributed by atoms with Crippen molar-refractivity contribution in [3.05, 3.63) is 53.7 Å². The zero-order valence-electron chi connectivity index (χ0n) is 10.3. The number of hydrogen-bond donors (Lipinski definition) is 2. The van der Waals surface area contributed by atoms with Crippen LogP contribution in [0.15, 0.2) is 42.6 Å². The third-order valence-corrected chi connectivity index (χ3v) is 3.06. The molecule has 2 heterocycles. The summed E-state index contributed by atoms with van der Waals surface area (Å²) in [6.07, 6.45) is 1.37. The molecule has 0 spiro atoms. The van der Waals surface area contributed by atoms with Crippen LogP contribution in [0, 0.1) is 6.92 Å². The molecule has 94 valence electrons. The van der Waals surface area contributed by atoms with E-state index in [2.05, 4.69) is 16.0 Å². The minimum Gasteiger partial charge on any atom is -0.478 e. The molecule has 0 aliphatic heterocycles. The van der Waals surface area contributed by atoms with Crippen LogP contribution >= 0.6 is 0 Å². The molecule has 0 aliphatic rings. The summed E-state index contributed by atoms with van der Waals surface area (Å²) in [6, 6.07) is 11.5. The highest BCUT2D eigenvalue weighted by Gasteiger charge is 2.07. The number of fused-ring (bicyclic) bond motifs is 1. The fourth-order valence-electron chi connectivity index (χ4n) is 2.07. The van der Waals surface area contributed by atoms with Gasteiger partial charge in [0.25, 0.3) is 0 Å². The SMILES string of the molecule is Cc1ccc2[nH]c(-c3ccc(C(=O)O)cn3)cc2c1. The molecule has 0 atom stereocenters. The molecular weight excluding hydrogens is 240 g/mol. The monoisotopic (exact) mass is 252 g/mol. The van der Waals surface area contributed by atoms with E-state index in [4.69, 9.17) is 5.11 Å². The van der Waals surface area contributed by atoms with Crippen LogP contribution in [0.4, 0.5) is 0 Å². The number of nitrogens with zero attached hydrogens (tertiary/aromatic N) is 1. The second-order valence-electron chi connectivity index (χ2n) is 4.51. The second kappa shape index (κ2) is 4.24. The molecule has 0 aliphatic carbocycles. The van der Waals surface area contributed by atoms with E-state index in [9.17, 15) is 4.79 Å². The molecule has 0 amide bonds. The van der Waals surface area contributed by atoms with E-state index >= 15 is 0 Å². The fourth-order valence-corrected chi connectivity index (χ4v) is 2.07. The molecule has 0 fully saturated rings. The van der Waals surface area contributed by atoms with Crippen molar-refractivity contribution in [3.63, 3.8) is 0 Å². The largest absolute Gasteiger partial charge is 0.478 e. The number of benzene rings is 1. The minimum absolute atomic E-state index is 0.190. The highest BCUT2D eigenvalue weighted by atomic mass is 16.4. The normalized spacial score (nSPS) is 10.8. The van der Waals surface area contributed by atoms with E-state index in [-0.39, 0.29) is 5.56 Å². The van der Waals surface area contributed by atoms with E-state index < -0.39 is 5.97 Å². The number of aryl methyl sites for hydroxylation is 1. The van der Waals surface area contributed by atoms with Crippen molar-refractivity contribution in [2.75, 3.05) is 0 Å². The number of pyridine rings is 1. The lowest BCUT2D eigenvalue weighted by molar-refractivity contribution is 0.0696. The van der Waals surface area contributed by atoms with Crippen LogP contribution in [0.25, 0.3) is 22.3 Å². The van der Waals surface area contributed by atoms with Crippen LogP contribution in [0.1, 0.15) is 15.9 Å². The van der Waals surface area contributed by atoms with Gasteiger partial charge in [-0.05, 0) is 37.3 Å². The first-order valence-corrected chi connectivity index (χ1v) is 5.92. The Morgan fingerprint density at radius 1 is 1.21 bits per heavy atom. The average molecular weight is 252 g/mol. The van der Waals surface area contributed by atoms with Gasteiger partial charge < -0.3 is 10.1 Å². The van der Waals surface area contributed by atoms with Gasteiger partial charge in [0.1, 0.15) is 0 Å². The van der Waals surface area contributed by atoms with Gasteiger partial charge in [-0.3, -0.25) is 4.98 Å². The lowest BCUT2D eigenvalue weighted by atomic mass is 10.1. The Hall–Kier alpha value is -2.62. The summed E-state index contributed by atoms with van der Waals surface area (Å²) in [5, 5.41) is 9.97. The zero-order valence-corrected chi connectivity index (χ0v) is 10.3. The van der Waals surface area contributed by atoms with E-state index in [0.29, 0.717) is 0 Å². The third kappa shape index (κ3) is 2.08. The molecule has 4 nitrogen and oxygen atoms in total. The van der Waals surface area contributed by atoms with E-state index in [0.717, 1.165) is 22.3 Å². The van der Waals surface area contributed by atoms with Crippen molar-refractivity contribution in [1.82, 2.24) is 9.97 Å². The maximum absolute atomic E-state index is 10.8. The van der Waals surface area contributed by atoms with Gasteiger partial charge in [-0.2, -0.15) is 0 Å². The molecule has 3 aromatic rings. The van der Waals surface area contributed by atoms with Gasteiger partial charge in [0, 0.05) is 17.1 Å². The Bertz CT molecular complexity index is 757. The van der Waals surface area contributed by atoms with Gasteiger partial charge in [0.15, 0.2) is 0 Å². The summed E-state index contributed by atoms with van der Waals surface area (Å²) in [4.78, 5) is 18.2. The second-order valence-corrected chi connectivity index (χ2v) is 4.51. The molecule has 3 rings (SSSR count). The molecule has 0 saturated heterocycles. The maximum Gasteiger partial charge on any atom is 0.337 e. The summed E-state index contributed by atoms with van der Waals surface area (Å²) in [5.74, 6) is -0.966.